The average Bonchev–Trinajstić information content (AvgIpc) is 3.70. The van der Waals surface area contributed by atoms with E-state index < -0.39 is 34.1 Å². The van der Waals surface area contributed by atoms with E-state index in [-0.39, 0.29) is 12.2 Å². The lowest BCUT2D eigenvalue weighted by atomic mass is 9.91. The molecule has 37 heavy (non-hydrogen) atoms. The second-order valence-electron chi connectivity index (χ2n) is 10.1. The number of hydrogen-bond acceptors (Lipinski definition) is 6. The van der Waals surface area contributed by atoms with Crippen molar-refractivity contribution in [2.45, 2.75) is 50.3 Å². The highest BCUT2D eigenvalue weighted by Crippen LogP contribution is 2.31. The minimum absolute atomic E-state index is 0.0798. The van der Waals surface area contributed by atoms with E-state index in [0.717, 1.165) is 34.5 Å². The Balaban J connectivity index is 1.62. The van der Waals surface area contributed by atoms with E-state index in [1.807, 2.05) is 36.4 Å². The molecule has 1 aliphatic carbocycles. The van der Waals surface area contributed by atoms with Crippen LogP contribution in [0, 0.1) is 5.92 Å². The molecule has 1 saturated heterocycles. The molecule has 8 nitrogen and oxygen atoms in total. The fourth-order valence-corrected chi connectivity index (χ4v) is 4.97. The van der Waals surface area contributed by atoms with Gasteiger partial charge in [0.2, 0.25) is 10.0 Å². The summed E-state index contributed by atoms with van der Waals surface area (Å²) < 4.78 is 25.6. The first kappa shape index (κ1) is 27.0. The summed E-state index contributed by atoms with van der Waals surface area (Å²) in [7, 11) is -2.08. The summed E-state index contributed by atoms with van der Waals surface area (Å²) in [5.74, 6) is 0.174. The quantitative estimate of drug-likeness (QED) is 0.439. The number of Topliss-reactive ketones (excluding diaryl/α,β-unsaturated/α-hetero) is 1. The van der Waals surface area contributed by atoms with Gasteiger partial charge in [-0.1, -0.05) is 42.5 Å². The molecule has 2 aromatic rings. The normalized spacial score (nSPS) is 20.0. The molecule has 2 aliphatic rings. The maximum Gasteiger partial charge on any atom is 0.251 e. The first-order valence-electron chi connectivity index (χ1n) is 12.7. The second kappa shape index (κ2) is 11.6. The molecule has 3 N–H and O–H groups in total. The van der Waals surface area contributed by atoms with Gasteiger partial charge in [0, 0.05) is 38.0 Å². The van der Waals surface area contributed by atoms with Crippen molar-refractivity contribution >= 4 is 33.5 Å². The summed E-state index contributed by atoms with van der Waals surface area (Å²) in [6.07, 6.45) is 7.37. The molecular formula is C28H35N3O5S. The van der Waals surface area contributed by atoms with Crippen LogP contribution in [-0.2, 0) is 21.2 Å². The number of hydrogen-bond donors (Lipinski definition) is 3. The maximum atomic E-state index is 13.5. The van der Waals surface area contributed by atoms with Crippen molar-refractivity contribution < 1.29 is 23.1 Å². The lowest BCUT2D eigenvalue weighted by Gasteiger charge is -2.33. The molecule has 198 valence electrons. The van der Waals surface area contributed by atoms with E-state index in [2.05, 4.69) is 16.7 Å². The lowest BCUT2D eigenvalue weighted by Crippen LogP contribution is -2.56. The van der Waals surface area contributed by atoms with Crippen LogP contribution in [0.1, 0.15) is 47.2 Å². The number of nitrogens with zero attached hydrogens (tertiary/aromatic N) is 1. The Bertz CT molecular complexity index is 1260. The molecule has 1 heterocycles. The van der Waals surface area contributed by atoms with Crippen LogP contribution in [0.5, 0.6) is 0 Å². The summed E-state index contributed by atoms with van der Waals surface area (Å²) >= 11 is 0. The molecule has 3 atom stereocenters. The van der Waals surface area contributed by atoms with Gasteiger partial charge in [0.25, 0.3) is 5.91 Å². The number of allylic oxidation sites excluding steroid dienone is 1. The first-order chi connectivity index (χ1) is 17.6. The fraction of sp³-hybridized carbons (Fsp3) is 0.429. The number of piperidine rings is 1. The number of carbonyl (C=O) groups is 2. The third-order valence-electron chi connectivity index (χ3n) is 6.94. The highest BCUT2D eigenvalue weighted by Gasteiger charge is 2.33. The van der Waals surface area contributed by atoms with Crippen molar-refractivity contribution in [3.05, 3.63) is 71.3 Å². The Hall–Kier alpha value is -3.01. The Labute approximate surface area is 218 Å². The van der Waals surface area contributed by atoms with Crippen LogP contribution in [0.2, 0.25) is 0 Å². The highest BCUT2D eigenvalue weighted by molar-refractivity contribution is 7.92. The van der Waals surface area contributed by atoms with Crippen molar-refractivity contribution in [3.8, 4) is 0 Å². The topological polar surface area (TPSA) is 116 Å². The van der Waals surface area contributed by atoms with Crippen molar-refractivity contribution in [2.75, 3.05) is 24.2 Å². The van der Waals surface area contributed by atoms with Crippen LogP contribution >= 0.6 is 0 Å². The average molecular weight is 526 g/mol. The van der Waals surface area contributed by atoms with Gasteiger partial charge in [-0.15, -0.1) is 0 Å². The minimum atomic E-state index is -3.53. The molecule has 1 saturated carbocycles. The van der Waals surface area contributed by atoms with Crippen molar-refractivity contribution in [1.82, 2.24) is 10.6 Å². The number of sulfonamides is 1. The van der Waals surface area contributed by atoms with Crippen LogP contribution in [-0.4, -0.2) is 63.3 Å². The lowest BCUT2D eigenvalue weighted by molar-refractivity contribution is -0.121. The van der Waals surface area contributed by atoms with Crippen molar-refractivity contribution in [1.29, 1.82) is 0 Å². The maximum absolute atomic E-state index is 13.5. The van der Waals surface area contributed by atoms with Gasteiger partial charge in [-0.3, -0.25) is 13.9 Å². The molecule has 0 unspecified atom stereocenters. The number of aliphatic hydroxyl groups excluding tert-OH is 1. The Morgan fingerprint density at radius 1 is 1.22 bits per heavy atom. The van der Waals surface area contributed by atoms with Gasteiger partial charge in [-0.05, 0) is 54.5 Å². The Morgan fingerprint density at radius 3 is 2.59 bits per heavy atom. The van der Waals surface area contributed by atoms with E-state index in [4.69, 9.17) is 0 Å². The van der Waals surface area contributed by atoms with E-state index in [1.165, 1.54) is 7.05 Å². The van der Waals surface area contributed by atoms with Gasteiger partial charge in [0.15, 0.2) is 0 Å². The molecule has 1 amide bonds. The number of nitrogens with one attached hydrogen (secondary N) is 2. The van der Waals surface area contributed by atoms with Gasteiger partial charge in [-0.2, -0.15) is 0 Å². The zero-order valence-electron chi connectivity index (χ0n) is 21.3. The number of benzene rings is 2. The van der Waals surface area contributed by atoms with Gasteiger partial charge >= 0.3 is 0 Å². The van der Waals surface area contributed by atoms with Gasteiger partial charge in [-0.25, -0.2) is 8.42 Å². The van der Waals surface area contributed by atoms with Gasteiger partial charge < -0.3 is 15.7 Å². The molecule has 1 aliphatic heterocycles. The predicted molar refractivity (Wildman–Crippen MR) is 145 cm³/mol. The molecule has 2 aromatic carbocycles. The minimum Gasteiger partial charge on any atom is -0.389 e. The number of anilines is 1. The first-order valence-corrected chi connectivity index (χ1v) is 14.5. The second-order valence-corrected chi connectivity index (χ2v) is 12.1. The Kier molecular flexibility index (Phi) is 8.46. The number of carbonyl (C=O) groups excluding carboxylic acids is 2. The number of aliphatic hydroxyl groups is 1. The zero-order chi connectivity index (χ0) is 26.6. The molecular weight excluding hydrogens is 490 g/mol. The highest BCUT2D eigenvalue weighted by atomic mass is 32.2. The number of rotatable bonds is 10. The SMILES string of the molecule is CN(c1cc(/C=C\C2CC2)cc(C(=O)N[C@@H](Cc2ccccc2)[C@H](O)[C@H]2CC(=O)CCN2)c1)S(C)(=O)=O. The van der Waals surface area contributed by atoms with E-state index in [9.17, 15) is 23.1 Å². The zero-order valence-corrected chi connectivity index (χ0v) is 22.1. The monoisotopic (exact) mass is 525 g/mol. The van der Waals surface area contributed by atoms with Gasteiger partial charge in [0.05, 0.1) is 24.1 Å². The summed E-state index contributed by atoms with van der Waals surface area (Å²) in [5, 5.41) is 17.4. The largest absolute Gasteiger partial charge is 0.389 e. The van der Waals surface area contributed by atoms with Crippen LogP contribution in [0.3, 0.4) is 0 Å². The number of ketones is 1. The van der Waals surface area contributed by atoms with Crippen LogP contribution in [0.15, 0.2) is 54.6 Å². The predicted octanol–water partition coefficient (Wildman–Crippen LogP) is 2.53. The molecule has 0 aromatic heterocycles. The fourth-order valence-electron chi connectivity index (χ4n) is 4.49. The number of amides is 1. The Morgan fingerprint density at radius 2 is 1.95 bits per heavy atom. The molecule has 0 radical (unpaired) electrons. The molecule has 0 bridgehead atoms. The summed E-state index contributed by atoms with van der Waals surface area (Å²) in [4.78, 5) is 25.6. The standard InChI is InChI=1S/C28H35N3O5S/c1-31(37(2,35)36)23-15-21(11-10-19-8-9-19)14-22(17-23)28(34)30-26(16-20-6-4-3-5-7-20)27(33)25-18-24(32)12-13-29-25/h3-7,10-11,14-15,17,19,25-27,29,33H,8-9,12-13,16,18H2,1-2H3,(H,30,34)/b11-10-/t25-,26+,27-/m1/s1. The van der Waals surface area contributed by atoms with Crippen LogP contribution in [0.4, 0.5) is 5.69 Å². The smallest absolute Gasteiger partial charge is 0.251 e. The third kappa shape index (κ3) is 7.50. The summed E-state index contributed by atoms with van der Waals surface area (Å²) in [5.41, 5.74) is 2.34. The molecule has 4 rings (SSSR count). The molecule has 2 fully saturated rings. The van der Waals surface area contributed by atoms with Crippen LogP contribution < -0.4 is 14.9 Å². The van der Waals surface area contributed by atoms with E-state index in [1.54, 1.807) is 18.2 Å². The van der Waals surface area contributed by atoms with E-state index in [0.29, 0.717) is 36.6 Å². The summed E-state index contributed by atoms with van der Waals surface area (Å²) in [6.45, 7) is 0.489. The molecule has 0 spiro atoms. The van der Waals surface area contributed by atoms with Crippen molar-refractivity contribution in [2.24, 2.45) is 5.92 Å². The summed E-state index contributed by atoms with van der Waals surface area (Å²) in [6, 6.07) is 13.4. The molecule has 9 heteroatoms. The van der Waals surface area contributed by atoms with Crippen molar-refractivity contribution in [3.63, 3.8) is 0 Å². The van der Waals surface area contributed by atoms with Crippen LogP contribution in [0.25, 0.3) is 6.08 Å². The third-order valence-corrected chi connectivity index (χ3v) is 8.15. The van der Waals surface area contributed by atoms with E-state index >= 15 is 0 Å². The van der Waals surface area contributed by atoms with Gasteiger partial charge in [0.1, 0.15) is 5.78 Å².